The first-order valence-electron chi connectivity index (χ1n) is 10.1. The summed E-state index contributed by atoms with van der Waals surface area (Å²) in [7, 11) is 0. The third-order valence-corrected chi connectivity index (χ3v) is 5.19. The maximum atomic E-state index is 13.1. The Morgan fingerprint density at radius 2 is 1.72 bits per heavy atom. The van der Waals surface area contributed by atoms with Gasteiger partial charge in [0, 0.05) is 18.2 Å². The minimum absolute atomic E-state index is 0.0507. The van der Waals surface area contributed by atoms with Crippen LogP contribution in [0.15, 0.2) is 78.9 Å². The van der Waals surface area contributed by atoms with Gasteiger partial charge in [-0.15, -0.1) is 0 Å². The summed E-state index contributed by atoms with van der Waals surface area (Å²) in [5.41, 5.74) is 3.85. The van der Waals surface area contributed by atoms with E-state index in [0.29, 0.717) is 12.2 Å². The third kappa shape index (κ3) is 4.11. The van der Waals surface area contributed by atoms with E-state index in [0.717, 1.165) is 23.4 Å². The highest BCUT2D eigenvalue weighted by atomic mass is 16.5. The van der Waals surface area contributed by atoms with E-state index in [-0.39, 0.29) is 18.1 Å². The van der Waals surface area contributed by atoms with Crippen molar-refractivity contribution in [3.63, 3.8) is 0 Å². The number of carbonyl (C=O) groups excluding carboxylic acids is 1. The highest BCUT2D eigenvalue weighted by Gasteiger charge is 2.34. The predicted octanol–water partition coefficient (Wildman–Crippen LogP) is 5.28. The summed E-state index contributed by atoms with van der Waals surface area (Å²) >= 11 is 0. The van der Waals surface area contributed by atoms with Gasteiger partial charge in [0.2, 0.25) is 0 Å². The molecule has 3 aromatic rings. The Kier molecular flexibility index (Phi) is 5.52. The zero-order valence-corrected chi connectivity index (χ0v) is 16.8. The maximum Gasteiger partial charge on any atom is 0.258 e. The van der Waals surface area contributed by atoms with Gasteiger partial charge in [-0.3, -0.25) is 4.79 Å². The lowest BCUT2D eigenvalue weighted by Crippen LogP contribution is -2.46. The van der Waals surface area contributed by atoms with Gasteiger partial charge < -0.3 is 15.0 Å². The standard InChI is InChI=1S/C25H26N2O2/c1-18(2)27-24(26-23-14-7-6-13-22(23)25(27)28)20-11-8-12-21(17-20)29-16-15-19-9-4-3-5-10-19/h3-14,17-18,24,26H,15-16H2,1-2H3. The summed E-state index contributed by atoms with van der Waals surface area (Å²) in [6.45, 7) is 4.70. The van der Waals surface area contributed by atoms with E-state index in [1.807, 2.05) is 85.5 Å². The second kappa shape index (κ2) is 8.39. The Morgan fingerprint density at radius 1 is 0.966 bits per heavy atom. The second-order valence-corrected chi connectivity index (χ2v) is 7.56. The number of amides is 1. The third-order valence-electron chi connectivity index (χ3n) is 5.19. The van der Waals surface area contributed by atoms with E-state index < -0.39 is 0 Å². The molecule has 29 heavy (non-hydrogen) atoms. The molecule has 0 spiro atoms. The van der Waals surface area contributed by atoms with Crippen LogP contribution >= 0.6 is 0 Å². The first-order valence-corrected chi connectivity index (χ1v) is 10.1. The Hall–Kier alpha value is -3.27. The molecule has 0 aromatic heterocycles. The quantitative estimate of drug-likeness (QED) is 0.626. The Morgan fingerprint density at radius 3 is 2.52 bits per heavy atom. The van der Waals surface area contributed by atoms with Crippen LogP contribution in [0.3, 0.4) is 0 Å². The van der Waals surface area contributed by atoms with Crippen LogP contribution in [0.5, 0.6) is 5.75 Å². The fourth-order valence-corrected chi connectivity index (χ4v) is 3.75. The molecular weight excluding hydrogens is 360 g/mol. The average Bonchev–Trinajstić information content (AvgIpc) is 2.74. The van der Waals surface area contributed by atoms with Crippen LogP contribution in [0.4, 0.5) is 5.69 Å². The minimum Gasteiger partial charge on any atom is -0.493 e. The van der Waals surface area contributed by atoms with E-state index in [4.69, 9.17) is 4.74 Å². The fraction of sp³-hybridized carbons (Fsp3) is 0.240. The molecule has 0 bridgehead atoms. The number of nitrogens with zero attached hydrogens (tertiary/aromatic N) is 1. The molecule has 1 N–H and O–H groups in total. The zero-order chi connectivity index (χ0) is 20.2. The van der Waals surface area contributed by atoms with Crippen molar-refractivity contribution in [1.82, 2.24) is 4.90 Å². The van der Waals surface area contributed by atoms with Gasteiger partial charge in [0.25, 0.3) is 5.91 Å². The molecule has 1 aliphatic heterocycles. The van der Waals surface area contributed by atoms with Crippen LogP contribution in [0, 0.1) is 0 Å². The lowest BCUT2D eigenvalue weighted by molar-refractivity contribution is 0.0616. The van der Waals surface area contributed by atoms with Crippen molar-refractivity contribution in [3.8, 4) is 5.75 Å². The van der Waals surface area contributed by atoms with Gasteiger partial charge in [-0.1, -0.05) is 54.6 Å². The van der Waals surface area contributed by atoms with E-state index in [1.54, 1.807) is 0 Å². The number of para-hydroxylation sites is 1. The normalized spacial score (nSPS) is 15.8. The molecule has 4 rings (SSSR count). The molecule has 4 heteroatoms. The lowest BCUT2D eigenvalue weighted by Gasteiger charge is -2.40. The Bertz CT molecular complexity index is 985. The molecule has 4 nitrogen and oxygen atoms in total. The number of ether oxygens (including phenoxy) is 1. The van der Waals surface area contributed by atoms with Crippen molar-refractivity contribution in [1.29, 1.82) is 0 Å². The molecule has 1 unspecified atom stereocenters. The number of hydrogen-bond donors (Lipinski definition) is 1. The molecule has 0 fully saturated rings. The predicted molar refractivity (Wildman–Crippen MR) is 116 cm³/mol. The van der Waals surface area contributed by atoms with Gasteiger partial charge in [-0.25, -0.2) is 0 Å². The molecule has 0 radical (unpaired) electrons. The van der Waals surface area contributed by atoms with Crippen LogP contribution in [0.1, 0.15) is 41.5 Å². The monoisotopic (exact) mass is 386 g/mol. The van der Waals surface area contributed by atoms with Crippen molar-refractivity contribution in [3.05, 3.63) is 95.6 Å². The lowest BCUT2D eigenvalue weighted by atomic mass is 10.0. The molecule has 0 saturated heterocycles. The average molecular weight is 386 g/mol. The van der Waals surface area contributed by atoms with E-state index in [1.165, 1.54) is 5.56 Å². The summed E-state index contributed by atoms with van der Waals surface area (Å²) in [5, 5.41) is 3.53. The van der Waals surface area contributed by atoms with Gasteiger partial charge in [0.05, 0.1) is 12.2 Å². The van der Waals surface area contributed by atoms with Crippen LogP contribution < -0.4 is 10.1 Å². The van der Waals surface area contributed by atoms with Crippen LogP contribution in [-0.2, 0) is 6.42 Å². The largest absolute Gasteiger partial charge is 0.493 e. The molecule has 1 amide bonds. The van der Waals surface area contributed by atoms with Crippen LogP contribution in [0.2, 0.25) is 0 Å². The molecule has 1 heterocycles. The van der Waals surface area contributed by atoms with Crippen molar-refractivity contribution in [2.24, 2.45) is 0 Å². The van der Waals surface area contributed by atoms with E-state index in [2.05, 4.69) is 17.4 Å². The van der Waals surface area contributed by atoms with Gasteiger partial charge in [-0.05, 0) is 49.2 Å². The molecular formula is C25H26N2O2. The van der Waals surface area contributed by atoms with Crippen molar-refractivity contribution >= 4 is 11.6 Å². The number of fused-ring (bicyclic) bond motifs is 1. The molecule has 1 aliphatic rings. The Labute approximate surface area is 172 Å². The van der Waals surface area contributed by atoms with E-state index >= 15 is 0 Å². The van der Waals surface area contributed by atoms with Crippen molar-refractivity contribution in [2.75, 3.05) is 11.9 Å². The van der Waals surface area contributed by atoms with Crippen molar-refractivity contribution < 1.29 is 9.53 Å². The summed E-state index contributed by atoms with van der Waals surface area (Å²) in [5.74, 6) is 0.866. The van der Waals surface area contributed by atoms with Crippen molar-refractivity contribution in [2.45, 2.75) is 32.5 Å². The molecule has 148 valence electrons. The topological polar surface area (TPSA) is 41.6 Å². The SMILES string of the molecule is CC(C)N1C(=O)c2ccccc2NC1c1cccc(OCCc2ccccc2)c1. The van der Waals surface area contributed by atoms with Gasteiger partial charge in [0.15, 0.2) is 0 Å². The fourth-order valence-electron chi connectivity index (χ4n) is 3.75. The molecule has 1 atom stereocenters. The van der Waals surface area contributed by atoms with Gasteiger partial charge >= 0.3 is 0 Å². The summed E-state index contributed by atoms with van der Waals surface area (Å²) in [6.07, 6.45) is 0.631. The summed E-state index contributed by atoms with van der Waals surface area (Å²) in [6, 6.07) is 26.1. The zero-order valence-electron chi connectivity index (χ0n) is 16.8. The summed E-state index contributed by atoms with van der Waals surface area (Å²) in [4.78, 5) is 15.0. The second-order valence-electron chi connectivity index (χ2n) is 7.56. The molecule has 3 aromatic carbocycles. The van der Waals surface area contributed by atoms with Crippen LogP contribution in [0.25, 0.3) is 0 Å². The minimum atomic E-state index is -0.227. The number of anilines is 1. The number of hydrogen-bond acceptors (Lipinski definition) is 3. The highest BCUT2D eigenvalue weighted by Crippen LogP contribution is 2.35. The number of rotatable bonds is 6. The number of nitrogens with one attached hydrogen (secondary N) is 1. The Balaban J connectivity index is 1.54. The first-order chi connectivity index (χ1) is 14.1. The van der Waals surface area contributed by atoms with Crippen LogP contribution in [-0.4, -0.2) is 23.5 Å². The molecule has 0 aliphatic carbocycles. The van der Waals surface area contributed by atoms with Gasteiger partial charge in [-0.2, -0.15) is 0 Å². The van der Waals surface area contributed by atoms with Gasteiger partial charge in [0.1, 0.15) is 11.9 Å². The maximum absolute atomic E-state index is 13.1. The number of carbonyl (C=O) groups is 1. The first kappa shape index (κ1) is 19.1. The highest BCUT2D eigenvalue weighted by molar-refractivity contribution is 6.01. The summed E-state index contributed by atoms with van der Waals surface area (Å²) < 4.78 is 6.00. The van der Waals surface area contributed by atoms with E-state index in [9.17, 15) is 4.79 Å². The molecule has 0 saturated carbocycles. The number of benzene rings is 3. The smallest absolute Gasteiger partial charge is 0.258 e.